The maximum absolute atomic E-state index is 11.6. The first-order valence-corrected chi connectivity index (χ1v) is 3.31. The van der Waals surface area contributed by atoms with Gasteiger partial charge in [0.15, 0.2) is 6.61 Å². The first-order valence-electron chi connectivity index (χ1n) is 3.31. The summed E-state index contributed by atoms with van der Waals surface area (Å²) in [5.41, 5.74) is 5.80. The number of pyridine rings is 1. The van der Waals surface area contributed by atoms with E-state index in [0.717, 1.165) is 0 Å². The Labute approximate surface area is 68.2 Å². The summed E-state index contributed by atoms with van der Waals surface area (Å²) in [6, 6.07) is 2.94. The van der Waals surface area contributed by atoms with Gasteiger partial charge in [-0.3, -0.25) is 0 Å². The number of ether oxygens (including phenoxy) is 1. The molecule has 0 aliphatic rings. The monoisotopic (exact) mass is 174 g/mol. The fraction of sp³-hybridized carbons (Fsp3) is 0.286. The van der Waals surface area contributed by atoms with Gasteiger partial charge in [0.1, 0.15) is 0 Å². The van der Waals surface area contributed by atoms with Gasteiger partial charge in [-0.15, -0.1) is 0 Å². The lowest BCUT2D eigenvalue weighted by Crippen LogP contribution is -2.07. The van der Waals surface area contributed by atoms with Crippen LogP contribution in [0.5, 0.6) is 5.88 Å². The van der Waals surface area contributed by atoms with Crippen molar-refractivity contribution in [3.63, 3.8) is 0 Å². The van der Waals surface area contributed by atoms with Gasteiger partial charge in [-0.25, -0.2) is 13.8 Å². The van der Waals surface area contributed by atoms with Crippen molar-refractivity contribution in [1.29, 1.82) is 0 Å². The van der Waals surface area contributed by atoms with Gasteiger partial charge in [0.25, 0.3) is 6.43 Å². The van der Waals surface area contributed by atoms with Crippen LogP contribution in [0.25, 0.3) is 0 Å². The van der Waals surface area contributed by atoms with Crippen molar-refractivity contribution < 1.29 is 13.5 Å². The van der Waals surface area contributed by atoms with Crippen LogP contribution in [0.3, 0.4) is 0 Å². The Morgan fingerprint density at radius 1 is 1.58 bits per heavy atom. The molecule has 0 spiro atoms. The normalized spacial score (nSPS) is 10.2. The van der Waals surface area contributed by atoms with Crippen LogP contribution >= 0.6 is 0 Å². The largest absolute Gasteiger partial charge is 0.472 e. The van der Waals surface area contributed by atoms with E-state index in [2.05, 4.69) is 9.72 Å². The number of anilines is 1. The molecule has 0 bridgehead atoms. The SMILES string of the molecule is Nc1ccnc(OCC(F)F)c1. The Kier molecular flexibility index (Phi) is 2.79. The van der Waals surface area contributed by atoms with Gasteiger partial charge in [-0.05, 0) is 6.07 Å². The van der Waals surface area contributed by atoms with Crippen molar-refractivity contribution in [2.75, 3.05) is 12.3 Å². The molecule has 1 aromatic heterocycles. The molecule has 1 heterocycles. The second-order valence-electron chi connectivity index (χ2n) is 2.13. The quantitative estimate of drug-likeness (QED) is 0.751. The number of rotatable bonds is 3. The lowest BCUT2D eigenvalue weighted by molar-refractivity contribution is 0.0796. The van der Waals surface area contributed by atoms with E-state index in [4.69, 9.17) is 5.73 Å². The zero-order valence-electron chi connectivity index (χ0n) is 6.21. The van der Waals surface area contributed by atoms with Crippen molar-refractivity contribution in [1.82, 2.24) is 4.98 Å². The Balaban J connectivity index is 2.52. The smallest absolute Gasteiger partial charge is 0.272 e. The number of nitrogen functional groups attached to an aromatic ring is 1. The van der Waals surface area contributed by atoms with Gasteiger partial charge in [0, 0.05) is 18.0 Å². The van der Waals surface area contributed by atoms with Gasteiger partial charge in [0.05, 0.1) is 0 Å². The molecule has 0 amide bonds. The second-order valence-corrected chi connectivity index (χ2v) is 2.13. The lowest BCUT2D eigenvalue weighted by Gasteiger charge is -2.03. The molecule has 12 heavy (non-hydrogen) atoms. The summed E-state index contributed by atoms with van der Waals surface area (Å²) in [5, 5.41) is 0. The molecule has 0 fully saturated rings. The Hall–Kier alpha value is -1.39. The van der Waals surface area contributed by atoms with Gasteiger partial charge in [-0.1, -0.05) is 0 Å². The average Bonchev–Trinajstić information content (AvgIpc) is 2.01. The fourth-order valence-corrected chi connectivity index (χ4v) is 0.652. The van der Waals surface area contributed by atoms with Crippen LogP contribution < -0.4 is 10.5 Å². The lowest BCUT2D eigenvalue weighted by atomic mass is 10.4. The Morgan fingerprint density at radius 2 is 2.33 bits per heavy atom. The van der Waals surface area contributed by atoms with Crippen LogP contribution in [-0.2, 0) is 0 Å². The van der Waals surface area contributed by atoms with Crippen LogP contribution in [0.1, 0.15) is 0 Å². The minimum absolute atomic E-state index is 0.121. The second kappa shape index (κ2) is 3.85. The van der Waals surface area contributed by atoms with E-state index in [1.165, 1.54) is 12.3 Å². The number of nitrogens with zero attached hydrogens (tertiary/aromatic N) is 1. The van der Waals surface area contributed by atoms with Crippen molar-refractivity contribution in [3.8, 4) is 5.88 Å². The first kappa shape index (κ1) is 8.70. The van der Waals surface area contributed by atoms with E-state index >= 15 is 0 Å². The van der Waals surface area contributed by atoms with Gasteiger partial charge in [0.2, 0.25) is 5.88 Å². The minimum atomic E-state index is -2.49. The predicted molar refractivity (Wildman–Crippen MR) is 40.1 cm³/mol. The molecule has 5 heteroatoms. The van der Waals surface area contributed by atoms with E-state index in [9.17, 15) is 8.78 Å². The number of hydrogen-bond acceptors (Lipinski definition) is 3. The third kappa shape index (κ3) is 2.69. The van der Waals surface area contributed by atoms with Crippen molar-refractivity contribution in [3.05, 3.63) is 18.3 Å². The molecule has 3 nitrogen and oxygen atoms in total. The number of hydrogen-bond donors (Lipinski definition) is 1. The Morgan fingerprint density at radius 3 is 2.92 bits per heavy atom. The molecule has 2 N–H and O–H groups in total. The van der Waals surface area contributed by atoms with Crippen molar-refractivity contribution in [2.45, 2.75) is 6.43 Å². The molecule has 0 unspecified atom stereocenters. The van der Waals surface area contributed by atoms with Crippen LogP contribution in [0, 0.1) is 0 Å². The Bertz CT molecular complexity index is 255. The fourth-order valence-electron chi connectivity index (χ4n) is 0.652. The molecule has 0 radical (unpaired) electrons. The maximum Gasteiger partial charge on any atom is 0.272 e. The minimum Gasteiger partial charge on any atom is -0.472 e. The number of halogens is 2. The highest BCUT2D eigenvalue weighted by Gasteiger charge is 2.03. The first-order chi connectivity index (χ1) is 5.68. The number of alkyl halides is 2. The average molecular weight is 174 g/mol. The predicted octanol–water partition coefficient (Wildman–Crippen LogP) is 1.31. The molecule has 1 rings (SSSR count). The zero-order chi connectivity index (χ0) is 8.97. The summed E-state index contributed by atoms with van der Waals surface area (Å²) >= 11 is 0. The van der Waals surface area contributed by atoms with Gasteiger partial charge in [-0.2, -0.15) is 0 Å². The summed E-state index contributed by atoms with van der Waals surface area (Å²) in [6.07, 6.45) is -1.09. The van der Waals surface area contributed by atoms with Crippen molar-refractivity contribution >= 4 is 5.69 Å². The number of aromatic nitrogens is 1. The molecular formula is C7H8F2N2O. The number of nitrogens with two attached hydrogens (primary N) is 1. The van der Waals surface area contributed by atoms with E-state index < -0.39 is 13.0 Å². The zero-order valence-corrected chi connectivity index (χ0v) is 6.21. The summed E-state index contributed by atoms with van der Waals surface area (Å²) in [4.78, 5) is 3.68. The summed E-state index contributed by atoms with van der Waals surface area (Å²) in [7, 11) is 0. The molecule has 0 aliphatic carbocycles. The van der Waals surface area contributed by atoms with Crippen LogP contribution in [0.15, 0.2) is 18.3 Å². The molecule has 0 aliphatic heterocycles. The molecule has 1 aromatic rings. The maximum atomic E-state index is 11.6. The highest BCUT2D eigenvalue weighted by atomic mass is 19.3. The van der Waals surface area contributed by atoms with E-state index in [1.54, 1.807) is 6.07 Å². The van der Waals surface area contributed by atoms with Gasteiger partial charge >= 0.3 is 0 Å². The van der Waals surface area contributed by atoms with E-state index in [-0.39, 0.29) is 5.88 Å². The molecule has 66 valence electrons. The molecule has 0 aromatic carbocycles. The van der Waals surface area contributed by atoms with Crippen molar-refractivity contribution in [2.24, 2.45) is 0 Å². The highest BCUT2D eigenvalue weighted by molar-refractivity contribution is 5.39. The van der Waals surface area contributed by atoms with E-state index in [1.807, 2.05) is 0 Å². The topological polar surface area (TPSA) is 48.1 Å². The van der Waals surface area contributed by atoms with E-state index in [0.29, 0.717) is 5.69 Å². The summed E-state index contributed by atoms with van der Waals surface area (Å²) < 4.78 is 27.9. The third-order valence-electron chi connectivity index (χ3n) is 1.12. The van der Waals surface area contributed by atoms with Gasteiger partial charge < -0.3 is 10.5 Å². The molecular weight excluding hydrogens is 166 g/mol. The van der Waals surface area contributed by atoms with Crippen LogP contribution in [0.4, 0.5) is 14.5 Å². The van der Waals surface area contributed by atoms with Crippen LogP contribution in [-0.4, -0.2) is 18.0 Å². The molecule has 0 atom stereocenters. The third-order valence-corrected chi connectivity index (χ3v) is 1.12. The molecule has 0 saturated heterocycles. The highest BCUT2D eigenvalue weighted by Crippen LogP contribution is 2.10. The standard InChI is InChI=1S/C7H8F2N2O/c8-6(9)4-12-7-3-5(10)1-2-11-7/h1-3,6H,4H2,(H2,10,11). The summed E-state index contributed by atoms with van der Waals surface area (Å²) in [5.74, 6) is 0.121. The molecule has 0 saturated carbocycles. The summed E-state index contributed by atoms with van der Waals surface area (Å²) in [6.45, 7) is -0.656. The van der Waals surface area contributed by atoms with Crippen LogP contribution in [0.2, 0.25) is 0 Å².